The van der Waals surface area contributed by atoms with E-state index in [1.807, 2.05) is 18.4 Å². The van der Waals surface area contributed by atoms with Crippen molar-refractivity contribution in [2.45, 2.75) is 64.7 Å². The predicted molar refractivity (Wildman–Crippen MR) is 163 cm³/mol. The van der Waals surface area contributed by atoms with Gasteiger partial charge in [-0.15, -0.1) is 0 Å². The second-order valence-corrected chi connectivity index (χ2v) is 11.6. The van der Waals surface area contributed by atoms with Crippen LogP contribution in [0.4, 0.5) is 5.95 Å². The van der Waals surface area contributed by atoms with E-state index in [0.29, 0.717) is 21.8 Å². The van der Waals surface area contributed by atoms with Gasteiger partial charge in [0.2, 0.25) is 5.95 Å². The Balaban J connectivity index is 1.27. The molecule has 11 heteroatoms. The molecule has 0 aliphatic carbocycles. The molecule has 2 aromatic rings. The molecule has 214 valence electrons. The highest BCUT2D eigenvalue weighted by molar-refractivity contribution is 6.38. The molecule has 40 heavy (non-hydrogen) atoms. The van der Waals surface area contributed by atoms with Gasteiger partial charge in [0.15, 0.2) is 5.82 Å². The highest BCUT2D eigenvalue weighted by Crippen LogP contribution is 2.46. The number of rotatable bonds is 9. The molecule has 9 nitrogen and oxygen atoms in total. The fourth-order valence-corrected chi connectivity index (χ4v) is 6.48. The molecular formula is C29H38Cl2N8O. The molecule has 1 fully saturated rings. The number of hydrogen-bond donors (Lipinski definition) is 2. The Kier molecular flexibility index (Phi) is 8.85. The summed E-state index contributed by atoms with van der Waals surface area (Å²) in [6.07, 6.45) is 9.59. The Labute approximate surface area is 246 Å². The summed E-state index contributed by atoms with van der Waals surface area (Å²) < 4.78 is 5.37. The summed E-state index contributed by atoms with van der Waals surface area (Å²) in [5, 5.41) is 13.1. The van der Waals surface area contributed by atoms with Crippen molar-refractivity contribution in [3.05, 3.63) is 63.9 Å². The number of ether oxygens (including phenoxy) is 1. The number of nitrogens with zero attached hydrogens (tertiary/aromatic N) is 6. The van der Waals surface area contributed by atoms with E-state index in [1.54, 1.807) is 31.6 Å². The molecule has 2 atom stereocenters. The Morgan fingerprint density at radius 3 is 2.38 bits per heavy atom. The van der Waals surface area contributed by atoms with Crippen LogP contribution in [0.3, 0.4) is 0 Å². The van der Waals surface area contributed by atoms with Crippen LogP contribution in [0.5, 0.6) is 5.75 Å². The van der Waals surface area contributed by atoms with Crippen LogP contribution in [0.1, 0.15) is 46.1 Å². The van der Waals surface area contributed by atoms with E-state index in [4.69, 9.17) is 32.9 Å². The first-order valence-corrected chi connectivity index (χ1v) is 14.7. The van der Waals surface area contributed by atoms with Crippen LogP contribution in [0.25, 0.3) is 5.57 Å². The third kappa shape index (κ3) is 5.79. The second-order valence-electron chi connectivity index (χ2n) is 10.8. The van der Waals surface area contributed by atoms with Gasteiger partial charge in [0.1, 0.15) is 11.6 Å². The van der Waals surface area contributed by atoms with Crippen molar-refractivity contribution in [3.63, 3.8) is 0 Å². The van der Waals surface area contributed by atoms with Gasteiger partial charge in [0.05, 0.1) is 23.2 Å². The van der Waals surface area contributed by atoms with E-state index in [1.165, 1.54) is 0 Å². The summed E-state index contributed by atoms with van der Waals surface area (Å²) in [6, 6.07) is 6.41. The number of allylic oxidation sites excluding steroid dienone is 1. The number of fused-ring (bicyclic) bond motifs is 1. The normalized spacial score (nSPS) is 20.7. The minimum absolute atomic E-state index is 0.00757. The maximum absolute atomic E-state index is 6.76. The average molecular weight is 586 g/mol. The summed E-state index contributed by atoms with van der Waals surface area (Å²) >= 11 is 13.5. The van der Waals surface area contributed by atoms with Gasteiger partial charge in [0.25, 0.3) is 0 Å². The van der Waals surface area contributed by atoms with Crippen molar-refractivity contribution < 1.29 is 4.74 Å². The summed E-state index contributed by atoms with van der Waals surface area (Å²) in [5.74, 6) is 3.25. The topological polar surface area (TPSA) is 81.1 Å². The fourth-order valence-electron chi connectivity index (χ4n) is 5.80. The Morgan fingerprint density at radius 1 is 1.07 bits per heavy atom. The number of hydrazine groups is 1. The van der Waals surface area contributed by atoms with Crippen LogP contribution in [0.2, 0.25) is 10.0 Å². The minimum atomic E-state index is 0.00757. The molecular weight excluding hydrogens is 547 g/mol. The Morgan fingerprint density at radius 2 is 1.75 bits per heavy atom. The third-order valence-corrected chi connectivity index (χ3v) is 8.23. The van der Waals surface area contributed by atoms with Crippen LogP contribution in [-0.2, 0) is 0 Å². The van der Waals surface area contributed by atoms with Crippen molar-refractivity contribution in [1.82, 2.24) is 30.6 Å². The lowest BCUT2D eigenvalue weighted by Gasteiger charge is -2.39. The van der Waals surface area contributed by atoms with Gasteiger partial charge in [-0.3, -0.25) is 0 Å². The fraction of sp³-hybridized carbons (Fsp3) is 0.483. The number of aliphatic imine (C=N–C) groups is 1. The lowest BCUT2D eigenvalue weighted by atomic mass is 9.99. The van der Waals surface area contributed by atoms with E-state index < -0.39 is 0 Å². The monoisotopic (exact) mass is 584 g/mol. The molecule has 3 aliphatic heterocycles. The lowest BCUT2D eigenvalue weighted by molar-refractivity contribution is 0.00443. The standard InChI is InChI=1S/C29H38Cl2N8O/c1-18(2)38-20(4)26(27-23(30)15-22(40-5)16-24(27)31)28-32-12-7-25(39(28)38)35-17-19(3)36-21-8-13-37(14-9-21)29-33-10-6-11-34-29/h6-7,10-12,15-16,18-21,35-36H,8-9,13-14,17H2,1-5H3. The van der Waals surface area contributed by atoms with Crippen molar-refractivity contribution in [1.29, 1.82) is 0 Å². The molecule has 0 radical (unpaired) electrons. The Hall–Kier alpha value is -2.85. The van der Waals surface area contributed by atoms with Crippen molar-refractivity contribution >= 4 is 40.9 Å². The van der Waals surface area contributed by atoms with Crippen molar-refractivity contribution in [3.8, 4) is 5.75 Å². The molecule has 0 spiro atoms. The molecule has 0 saturated carbocycles. The van der Waals surface area contributed by atoms with Gasteiger partial charge in [-0.05, 0) is 64.8 Å². The smallest absolute Gasteiger partial charge is 0.225 e. The van der Waals surface area contributed by atoms with E-state index in [2.05, 4.69) is 63.2 Å². The second kappa shape index (κ2) is 12.3. The van der Waals surface area contributed by atoms with Gasteiger partial charge in [-0.2, -0.15) is 0 Å². The number of hydrogen-bond acceptors (Lipinski definition) is 9. The van der Waals surface area contributed by atoms with Crippen LogP contribution < -0.4 is 20.3 Å². The van der Waals surface area contributed by atoms with E-state index >= 15 is 0 Å². The first-order chi connectivity index (χ1) is 19.3. The Bertz CT molecular complexity index is 1270. The number of benzene rings is 1. The van der Waals surface area contributed by atoms with E-state index in [-0.39, 0.29) is 18.1 Å². The summed E-state index contributed by atoms with van der Waals surface area (Å²) in [7, 11) is 1.61. The highest BCUT2D eigenvalue weighted by Gasteiger charge is 2.42. The number of nitrogens with one attached hydrogen (secondary N) is 2. The van der Waals surface area contributed by atoms with Crippen molar-refractivity contribution in [2.75, 3.05) is 31.6 Å². The molecule has 1 aromatic heterocycles. The van der Waals surface area contributed by atoms with Gasteiger partial charge < -0.3 is 20.3 Å². The first kappa shape index (κ1) is 28.7. The molecule has 1 aromatic carbocycles. The number of piperidine rings is 1. The van der Waals surface area contributed by atoms with Gasteiger partial charge in [0, 0.05) is 67.5 Å². The zero-order chi connectivity index (χ0) is 28.4. The number of methoxy groups -OCH3 is 1. The molecule has 5 rings (SSSR count). The summed E-state index contributed by atoms with van der Waals surface area (Å²) in [4.78, 5) is 15.9. The van der Waals surface area contributed by atoms with Crippen LogP contribution in [-0.4, -0.2) is 77.1 Å². The summed E-state index contributed by atoms with van der Waals surface area (Å²) in [5.41, 5.74) is 1.79. The summed E-state index contributed by atoms with van der Waals surface area (Å²) in [6.45, 7) is 11.4. The average Bonchev–Trinajstić information content (AvgIpc) is 3.24. The molecule has 1 saturated heterocycles. The zero-order valence-electron chi connectivity index (χ0n) is 23.7. The van der Waals surface area contributed by atoms with Crippen LogP contribution >= 0.6 is 23.2 Å². The largest absolute Gasteiger partial charge is 0.497 e. The maximum Gasteiger partial charge on any atom is 0.225 e. The highest BCUT2D eigenvalue weighted by atomic mass is 35.5. The first-order valence-electron chi connectivity index (χ1n) is 13.9. The van der Waals surface area contributed by atoms with Crippen LogP contribution in [0, 0.1) is 0 Å². The molecule has 3 aliphatic rings. The quantitative estimate of drug-likeness (QED) is 0.428. The molecule has 2 N–H and O–H groups in total. The van der Waals surface area contributed by atoms with E-state index in [9.17, 15) is 0 Å². The number of halogens is 2. The molecule has 4 heterocycles. The molecule has 2 unspecified atom stereocenters. The lowest BCUT2D eigenvalue weighted by Crippen LogP contribution is -2.51. The SMILES string of the molecule is COc1cc(Cl)c(C2=C3N=CC=C(NCC(C)NC4CCN(c5ncccn5)CC4)N3N(C(C)C)C2C)c(Cl)c1. The predicted octanol–water partition coefficient (Wildman–Crippen LogP) is 4.95. The minimum Gasteiger partial charge on any atom is -0.497 e. The third-order valence-electron chi connectivity index (χ3n) is 7.63. The molecule has 0 bridgehead atoms. The van der Waals surface area contributed by atoms with Crippen LogP contribution in [0.15, 0.2) is 53.3 Å². The maximum atomic E-state index is 6.76. The number of anilines is 1. The number of aromatic nitrogens is 2. The van der Waals surface area contributed by atoms with E-state index in [0.717, 1.165) is 61.2 Å². The van der Waals surface area contributed by atoms with Gasteiger partial charge in [-0.1, -0.05) is 23.2 Å². The molecule has 0 amide bonds. The van der Waals surface area contributed by atoms with Crippen molar-refractivity contribution in [2.24, 2.45) is 4.99 Å². The van der Waals surface area contributed by atoms with Gasteiger partial charge in [-0.25, -0.2) is 25.0 Å². The van der Waals surface area contributed by atoms with Gasteiger partial charge >= 0.3 is 0 Å². The zero-order valence-corrected chi connectivity index (χ0v) is 25.2.